The molecule has 1 aromatic rings. The molecule has 0 aliphatic carbocycles. The standard InChI is InChI=1S/C37H64N6O7/c1-31(2,3)48-28(44)39-26(38)24-18-20-25(21-19-24)47-37(16,17)23-36(14,15)43-35(12,13)22-34(10,11)42-27(40-29(45)49-32(4,5)6)41-30(46)50-33(7,8)9/h18-21,43H,22-23H2,1-17H3,(H2,38,39,44)(H2,40,41,42,45,46). The lowest BCUT2D eigenvalue weighted by molar-refractivity contribution is 0.0534. The van der Waals surface area contributed by atoms with Crippen LogP contribution in [0.4, 0.5) is 14.4 Å². The Kier molecular flexibility index (Phi) is 14.1. The molecule has 5 N–H and O–H groups in total. The predicted molar refractivity (Wildman–Crippen MR) is 198 cm³/mol. The van der Waals surface area contributed by atoms with Crippen LogP contribution in [0, 0.1) is 5.41 Å². The van der Waals surface area contributed by atoms with Crippen molar-refractivity contribution in [2.45, 2.75) is 170 Å². The first-order chi connectivity index (χ1) is 22.2. The number of carbonyl (C=O) groups excluding carboxylic acids is 3. The van der Waals surface area contributed by atoms with Crippen LogP contribution in [-0.4, -0.2) is 69.1 Å². The maximum Gasteiger partial charge on any atom is 0.414 e. The molecule has 0 spiro atoms. The van der Waals surface area contributed by atoms with Crippen LogP contribution in [0.2, 0.25) is 0 Å². The Bertz CT molecular complexity index is 1340. The molecule has 0 aliphatic rings. The van der Waals surface area contributed by atoms with Crippen LogP contribution in [0.1, 0.15) is 136 Å². The number of guanidine groups is 1. The van der Waals surface area contributed by atoms with E-state index < -0.39 is 57.3 Å². The third-order valence-corrected chi connectivity index (χ3v) is 6.24. The highest BCUT2D eigenvalue weighted by Crippen LogP contribution is 2.31. The zero-order valence-corrected chi connectivity index (χ0v) is 33.5. The van der Waals surface area contributed by atoms with E-state index in [4.69, 9.17) is 29.3 Å². The van der Waals surface area contributed by atoms with Crippen molar-refractivity contribution < 1.29 is 33.3 Å². The smallest absolute Gasteiger partial charge is 0.414 e. The summed E-state index contributed by atoms with van der Waals surface area (Å²) in [6.07, 6.45) is -1.06. The SMILES string of the molecule is CC(C)(CC(C)(C)NC(C)(C)CC(C)(C)Oc1ccc(C(=N)NC(=O)OC(C)(C)C)cc1)N=C(NC(=O)OC(C)(C)C)NC(=O)OC(C)(C)C. The summed E-state index contributed by atoms with van der Waals surface area (Å²) < 4.78 is 22.4. The van der Waals surface area contributed by atoms with Gasteiger partial charge in [0.2, 0.25) is 5.96 Å². The molecule has 0 atom stereocenters. The van der Waals surface area contributed by atoms with Gasteiger partial charge < -0.3 is 24.3 Å². The molecule has 0 saturated heterocycles. The first-order valence-corrected chi connectivity index (χ1v) is 16.9. The molecule has 0 fully saturated rings. The van der Waals surface area contributed by atoms with Crippen molar-refractivity contribution in [3.63, 3.8) is 0 Å². The molecule has 0 heterocycles. The average Bonchev–Trinajstić information content (AvgIpc) is 2.77. The molecule has 3 amide bonds. The second-order valence-electron chi connectivity index (χ2n) is 18.2. The van der Waals surface area contributed by atoms with Crippen molar-refractivity contribution in [2.75, 3.05) is 0 Å². The number of nitrogens with zero attached hydrogens (tertiary/aromatic N) is 1. The monoisotopic (exact) mass is 704 g/mol. The number of nitrogens with one attached hydrogen (secondary N) is 5. The highest BCUT2D eigenvalue weighted by Gasteiger charge is 2.37. The predicted octanol–water partition coefficient (Wildman–Crippen LogP) is 7.81. The molecule has 13 nitrogen and oxygen atoms in total. The zero-order valence-electron chi connectivity index (χ0n) is 33.5. The Morgan fingerprint density at radius 3 is 1.38 bits per heavy atom. The van der Waals surface area contributed by atoms with Gasteiger partial charge in [-0.25, -0.2) is 19.4 Å². The fourth-order valence-electron chi connectivity index (χ4n) is 5.90. The topological polar surface area (TPSA) is 172 Å². The molecule has 0 saturated carbocycles. The van der Waals surface area contributed by atoms with Gasteiger partial charge in [0.05, 0.1) is 5.54 Å². The molecule has 284 valence electrons. The zero-order chi connectivity index (χ0) is 39.1. The summed E-state index contributed by atoms with van der Waals surface area (Å²) in [5.41, 5.74) is -3.87. The Morgan fingerprint density at radius 2 is 0.980 bits per heavy atom. The highest BCUT2D eigenvalue weighted by molar-refractivity contribution is 6.04. The Labute approximate surface area is 299 Å². The Balaban J connectivity index is 3.03. The lowest BCUT2D eigenvalue weighted by Crippen LogP contribution is -2.57. The minimum Gasteiger partial charge on any atom is -0.488 e. The van der Waals surface area contributed by atoms with E-state index in [0.29, 0.717) is 24.2 Å². The van der Waals surface area contributed by atoms with Gasteiger partial charge in [-0.15, -0.1) is 0 Å². The van der Waals surface area contributed by atoms with Crippen LogP contribution in [0.3, 0.4) is 0 Å². The minimum atomic E-state index is -0.758. The number of hydrogen-bond acceptors (Lipinski definition) is 10. The third-order valence-electron chi connectivity index (χ3n) is 6.24. The van der Waals surface area contributed by atoms with Crippen molar-refractivity contribution >= 4 is 30.1 Å². The number of hydrogen-bond donors (Lipinski definition) is 5. The molecule has 1 aromatic carbocycles. The van der Waals surface area contributed by atoms with Crippen molar-refractivity contribution in [3.05, 3.63) is 29.8 Å². The van der Waals surface area contributed by atoms with Crippen LogP contribution in [0.25, 0.3) is 0 Å². The van der Waals surface area contributed by atoms with Crippen molar-refractivity contribution in [1.82, 2.24) is 21.3 Å². The largest absolute Gasteiger partial charge is 0.488 e. The quantitative estimate of drug-likeness (QED) is 0.0932. The maximum atomic E-state index is 12.6. The summed E-state index contributed by atoms with van der Waals surface area (Å²) in [5, 5.41) is 19.6. The number of benzene rings is 1. The van der Waals surface area contributed by atoms with Crippen LogP contribution in [0.15, 0.2) is 29.3 Å². The van der Waals surface area contributed by atoms with E-state index in [1.165, 1.54) is 0 Å². The summed E-state index contributed by atoms with van der Waals surface area (Å²) in [5.74, 6) is 0.472. The third kappa shape index (κ3) is 19.4. The van der Waals surface area contributed by atoms with Crippen LogP contribution in [-0.2, 0) is 14.2 Å². The van der Waals surface area contributed by atoms with Gasteiger partial charge in [-0.3, -0.25) is 21.4 Å². The second kappa shape index (κ2) is 16.0. The van der Waals surface area contributed by atoms with Gasteiger partial charge in [0.15, 0.2) is 0 Å². The van der Waals surface area contributed by atoms with Crippen LogP contribution in [0.5, 0.6) is 5.75 Å². The molecule has 1 rings (SSSR count). The van der Waals surface area contributed by atoms with E-state index in [2.05, 4.69) is 49.0 Å². The van der Waals surface area contributed by atoms with Crippen molar-refractivity contribution in [1.29, 1.82) is 5.41 Å². The summed E-state index contributed by atoms with van der Waals surface area (Å²) in [7, 11) is 0. The number of aliphatic imine (C=N–C) groups is 1. The van der Waals surface area contributed by atoms with Gasteiger partial charge in [0.25, 0.3) is 0 Å². The Morgan fingerprint density at radius 1 is 0.600 bits per heavy atom. The van der Waals surface area contributed by atoms with Gasteiger partial charge >= 0.3 is 18.3 Å². The molecular weight excluding hydrogens is 640 g/mol. The molecule has 50 heavy (non-hydrogen) atoms. The van der Waals surface area contributed by atoms with Gasteiger partial charge in [0, 0.05) is 23.1 Å². The van der Waals surface area contributed by atoms with Gasteiger partial charge in [-0.2, -0.15) is 0 Å². The Hall–Kier alpha value is -3.87. The van der Waals surface area contributed by atoms with E-state index in [1.807, 2.05) is 27.7 Å². The highest BCUT2D eigenvalue weighted by atomic mass is 16.6. The van der Waals surface area contributed by atoms with Gasteiger partial charge in [-0.1, -0.05) is 0 Å². The summed E-state index contributed by atoms with van der Waals surface area (Å²) in [6.45, 7) is 31.9. The molecular formula is C37H64N6O7. The average molecular weight is 705 g/mol. The normalized spacial score (nSPS) is 13.1. The van der Waals surface area contributed by atoms with Crippen LogP contribution >= 0.6 is 0 Å². The number of amidine groups is 1. The van der Waals surface area contributed by atoms with E-state index in [-0.39, 0.29) is 11.8 Å². The fourth-order valence-corrected chi connectivity index (χ4v) is 5.90. The van der Waals surface area contributed by atoms with Crippen molar-refractivity contribution in [3.8, 4) is 5.75 Å². The molecule has 0 bridgehead atoms. The van der Waals surface area contributed by atoms with E-state index in [1.54, 1.807) is 86.6 Å². The maximum absolute atomic E-state index is 12.6. The van der Waals surface area contributed by atoms with Crippen LogP contribution < -0.4 is 26.0 Å². The second-order valence-corrected chi connectivity index (χ2v) is 18.2. The summed E-state index contributed by atoms with van der Waals surface area (Å²) in [4.78, 5) is 42.0. The van der Waals surface area contributed by atoms with Gasteiger partial charge in [-0.05, 0) is 148 Å². The van der Waals surface area contributed by atoms with E-state index in [0.717, 1.165) is 0 Å². The molecule has 0 unspecified atom stereocenters. The van der Waals surface area contributed by atoms with E-state index in [9.17, 15) is 14.4 Å². The first kappa shape index (κ1) is 44.2. The first-order valence-electron chi connectivity index (χ1n) is 16.9. The molecule has 0 radical (unpaired) electrons. The van der Waals surface area contributed by atoms with E-state index >= 15 is 0 Å². The number of ether oxygens (including phenoxy) is 4. The minimum absolute atomic E-state index is 0.0711. The number of carbonyl (C=O) groups is 3. The number of rotatable bonds is 10. The number of amides is 3. The molecule has 0 aromatic heterocycles. The molecule has 13 heteroatoms. The fraction of sp³-hybridized carbons (Fsp3) is 0.703. The lowest BCUT2D eigenvalue weighted by atomic mass is 9.82. The molecule has 0 aliphatic heterocycles. The number of alkyl carbamates (subject to hydrolysis) is 3. The van der Waals surface area contributed by atoms with Crippen molar-refractivity contribution in [2.24, 2.45) is 4.99 Å². The summed E-state index contributed by atoms with van der Waals surface area (Å²) >= 11 is 0. The summed E-state index contributed by atoms with van der Waals surface area (Å²) in [6, 6.07) is 6.96. The van der Waals surface area contributed by atoms with Gasteiger partial charge in [0.1, 0.15) is 34.0 Å². The lowest BCUT2D eigenvalue weighted by Gasteiger charge is -2.43.